The summed E-state index contributed by atoms with van der Waals surface area (Å²) in [7, 11) is 0. The number of rotatable bonds is 6. The highest BCUT2D eigenvalue weighted by molar-refractivity contribution is 6.42. The predicted octanol–water partition coefficient (Wildman–Crippen LogP) is 4.23. The summed E-state index contributed by atoms with van der Waals surface area (Å²) in [6.07, 6.45) is 3.75. The molecule has 6 heteroatoms. The number of carbonyl (C=O) groups excluding carboxylic acids is 1. The number of amides is 1. The molecule has 1 aromatic carbocycles. The van der Waals surface area contributed by atoms with Crippen LogP contribution in [0.4, 0.5) is 0 Å². The Kier molecular flexibility index (Phi) is 5.30. The van der Waals surface area contributed by atoms with Gasteiger partial charge < -0.3 is 15.3 Å². The second kappa shape index (κ2) is 7.30. The van der Waals surface area contributed by atoms with E-state index in [0.717, 1.165) is 31.2 Å². The molecule has 1 unspecified atom stereocenters. The van der Waals surface area contributed by atoms with Crippen LogP contribution in [0.5, 0.6) is 0 Å². The van der Waals surface area contributed by atoms with Crippen molar-refractivity contribution in [2.24, 2.45) is 0 Å². The van der Waals surface area contributed by atoms with Crippen LogP contribution in [0.3, 0.4) is 0 Å². The zero-order valence-corrected chi connectivity index (χ0v) is 15.7. The van der Waals surface area contributed by atoms with Gasteiger partial charge >= 0.3 is 0 Å². The molecule has 1 saturated carbocycles. The first-order valence-electron chi connectivity index (χ1n) is 8.49. The Labute approximate surface area is 158 Å². The smallest absolute Gasteiger partial charge is 0.253 e. The van der Waals surface area contributed by atoms with Gasteiger partial charge in [0.2, 0.25) is 0 Å². The molecule has 2 N–H and O–H groups in total. The summed E-state index contributed by atoms with van der Waals surface area (Å²) in [6.45, 7) is 6.29. The third kappa shape index (κ3) is 4.13. The van der Waals surface area contributed by atoms with Gasteiger partial charge in [0, 0.05) is 12.1 Å². The molecular weight excluding hydrogens is 359 g/mol. The highest BCUT2D eigenvalue weighted by Gasteiger charge is 2.38. The maximum absolute atomic E-state index is 12.5. The van der Waals surface area contributed by atoms with Crippen LogP contribution < -0.4 is 5.32 Å². The van der Waals surface area contributed by atoms with Gasteiger partial charge in [0.05, 0.1) is 27.9 Å². The molecule has 1 aromatic rings. The van der Waals surface area contributed by atoms with Crippen LogP contribution in [-0.4, -0.2) is 34.5 Å². The van der Waals surface area contributed by atoms with E-state index in [1.54, 1.807) is 6.07 Å². The number of nitrogens with zero attached hydrogens (tertiary/aromatic N) is 1. The fourth-order valence-electron chi connectivity index (χ4n) is 3.03. The number of benzene rings is 1. The Morgan fingerprint density at radius 2 is 2.12 bits per heavy atom. The van der Waals surface area contributed by atoms with Gasteiger partial charge in [-0.15, -0.1) is 0 Å². The Morgan fingerprint density at radius 3 is 2.76 bits per heavy atom. The number of hydrogen-bond donors (Lipinski definition) is 2. The Bertz CT molecular complexity index is 741. The molecule has 1 heterocycles. The van der Waals surface area contributed by atoms with Gasteiger partial charge in [0.25, 0.3) is 5.91 Å². The van der Waals surface area contributed by atoms with Crippen LogP contribution in [0.25, 0.3) is 0 Å². The molecule has 1 atom stereocenters. The molecule has 1 amide bonds. The minimum atomic E-state index is -0.219. The average molecular weight is 381 g/mol. The van der Waals surface area contributed by atoms with Crippen molar-refractivity contribution in [1.82, 2.24) is 10.2 Å². The molecule has 0 saturated heterocycles. The highest BCUT2D eigenvalue weighted by atomic mass is 35.5. The van der Waals surface area contributed by atoms with E-state index in [-0.39, 0.29) is 17.7 Å². The van der Waals surface area contributed by atoms with Crippen molar-refractivity contribution in [3.63, 3.8) is 0 Å². The molecular formula is C19H22Cl2N2O2. The van der Waals surface area contributed by atoms with Gasteiger partial charge in [-0.05, 0) is 50.3 Å². The van der Waals surface area contributed by atoms with Crippen LogP contribution >= 0.6 is 23.2 Å². The largest absolute Gasteiger partial charge is 0.505 e. The van der Waals surface area contributed by atoms with Gasteiger partial charge in [-0.2, -0.15) is 0 Å². The minimum absolute atomic E-state index is 0.0227. The van der Waals surface area contributed by atoms with Crippen molar-refractivity contribution in [3.8, 4) is 0 Å². The summed E-state index contributed by atoms with van der Waals surface area (Å²) in [6, 6.07) is 5.96. The van der Waals surface area contributed by atoms with Gasteiger partial charge in [0.15, 0.2) is 0 Å². The van der Waals surface area contributed by atoms with Gasteiger partial charge in [0.1, 0.15) is 5.76 Å². The van der Waals surface area contributed by atoms with Crippen molar-refractivity contribution in [2.75, 3.05) is 6.54 Å². The molecule has 0 aromatic heterocycles. The number of hydrogen-bond acceptors (Lipinski definition) is 3. The summed E-state index contributed by atoms with van der Waals surface area (Å²) in [5.74, 6) is -0.190. The van der Waals surface area contributed by atoms with E-state index in [9.17, 15) is 9.90 Å². The topological polar surface area (TPSA) is 52.6 Å². The zero-order valence-electron chi connectivity index (χ0n) is 14.2. The number of carbonyl (C=O) groups is 1. The summed E-state index contributed by atoms with van der Waals surface area (Å²) in [4.78, 5) is 14.5. The molecule has 0 radical (unpaired) electrons. The lowest BCUT2D eigenvalue weighted by molar-refractivity contribution is -0.118. The molecule has 25 heavy (non-hydrogen) atoms. The van der Waals surface area contributed by atoms with Crippen LogP contribution in [0.2, 0.25) is 10.0 Å². The molecule has 1 aliphatic carbocycles. The Balaban J connectivity index is 1.53. The number of aliphatic hydroxyl groups is 1. The molecule has 1 aliphatic heterocycles. The molecule has 0 bridgehead atoms. The van der Waals surface area contributed by atoms with Crippen molar-refractivity contribution < 1.29 is 9.90 Å². The van der Waals surface area contributed by atoms with Crippen LogP contribution in [-0.2, 0) is 11.2 Å². The molecule has 0 spiro atoms. The van der Waals surface area contributed by atoms with Crippen molar-refractivity contribution in [2.45, 2.75) is 44.7 Å². The third-order valence-electron chi connectivity index (χ3n) is 4.72. The molecule has 134 valence electrons. The second-order valence-corrected chi connectivity index (χ2v) is 7.61. The fourth-order valence-corrected chi connectivity index (χ4v) is 3.35. The number of aliphatic hydroxyl groups excluding tert-OH is 1. The molecule has 3 rings (SSSR count). The van der Waals surface area contributed by atoms with Crippen LogP contribution in [0, 0.1) is 0 Å². The summed E-state index contributed by atoms with van der Waals surface area (Å²) >= 11 is 11.9. The van der Waals surface area contributed by atoms with Crippen LogP contribution in [0.15, 0.2) is 41.8 Å². The standard InChI is InChI=1S/C19H22Cl2N2O2/c1-11(3-4-13-5-8-16(20)17(21)9-13)22-19(25)15-10-23(14-6-7-14)12(2)18(15)24/h5,8-9,11,14,24H,2-4,6-7,10H2,1H3,(H,22,25). The van der Waals surface area contributed by atoms with Crippen molar-refractivity contribution >= 4 is 29.1 Å². The highest BCUT2D eigenvalue weighted by Crippen LogP contribution is 2.36. The monoisotopic (exact) mass is 380 g/mol. The minimum Gasteiger partial charge on any atom is -0.505 e. The van der Waals surface area contributed by atoms with E-state index in [2.05, 4.69) is 11.9 Å². The van der Waals surface area contributed by atoms with Gasteiger partial charge in [-0.1, -0.05) is 35.8 Å². The van der Waals surface area contributed by atoms with E-state index in [0.29, 0.717) is 33.9 Å². The first kappa shape index (κ1) is 18.2. The first-order chi connectivity index (χ1) is 11.9. The first-order valence-corrected chi connectivity index (χ1v) is 9.25. The van der Waals surface area contributed by atoms with Crippen LogP contribution in [0.1, 0.15) is 31.7 Å². The summed E-state index contributed by atoms with van der Waals surface area (Å²) in [5, 5.41) is 14.2. The zero-order chi connectivity index (χ0) is 18.1. The molecule has 2 aliphatic rings. The van der Waals surface area contributed by atoms with E-state index in [1.165, 1.54) is 0 Å². The average Bonchev–Trinajstić information content (AvgIpc) is 3.36. The maximum atomic E-state index is 12.5. The summed E-state index contributed by atoms with van der Waals surface area (Å²) < 4.78 is 0. The fraction of sp³-hybridized carbons (Fsp3) is 0.421. The van der Waals surface area contributed by atoms with E-state index in [1.807, 2.05) is 24.0 Å². The lowest BCUT2D eigenvalue weighted by atomic mass is 10.1. The lowest BCUT2D eigenvalue weighted by Gasteiger charge is -2.19. The van der Waals surface area contributed by atoms with E-state index >= 15 is 0 Å². The summed E-state index contributed by atoms with van der Waals surface area (Å²) in [5.41, 5.74) is 2.06. The molecule has 1 fully saturated rings. The van der Waals surface area contributed by atoms with Crippen molar-refractivity contribution in [1.29, 1.82) is 0 Å². The SMILES string of the molecule is C=C1C(O)=C(C(=O)NC(C)CCc2ccc(Cl)c(Cl)c2)CN1C1CC1. The quantitative estimate of drug-likeness (QED) is 0.775. The number of halogens is 2. The Hall–Kier alpha value is -1.65. The van der Waals surface area contributed by atoms with E-state index < -0.39 is 0 Å². The number of aryl methyl sites for hydroxylation is 1. The third-order valence-corrected chi connectivity index (χ3v) is 5.46. The maximum Gasteiger partial charge on any atom is 0.253 e. The second-order valence-electron chi connectivity index (χ2n) is 6.79. The normalized spacial score (nSPS) is 18.7. The Morgan fingerprint density at radius 1 is 1.40 bits per heavy atom. The predicted molar refractivity (Wildman–Crippen MR) is 101 cm³/mol. The number of nitrogens with one attached hydrogen (secondary N) is 1. The van der Waals surface area contributed by atoms with Crippen molar-refractivity contribution in [3.05, 3.63) is 57.4 Å². The lowest BCUT2D eigenvalue weighted by Crippen LogP contribution is -2.35. The van der Waals surface area contributed by atoms with E-state index in [4.69, 9.17) is 23.2 Å². The molecule has 4 nitrogen and oxygen atoms in total. The van der Waals surface area contributed by atoms with Gasteiger partial charge in [-0.25, -0.2) is 0 Å². The van der Waals surface area contributed by atoms with Gasteiger partial charge in [-0.3, -0.25) is 4.79 Å².